The summed E-state index contributed by atoms with van der Waals surface area (Å²) in [6, 6.07) is 12.2. The molecule has 3 aromatic rings. The standard InChI is InChI=1S/C21H20N4O3/c1-3-10-23-19(26)15-6-8-16(9-7-15)24-20(27)18-14(2)28-21(17(18)13-22)25-11-4-5-12-25/h4-9,11-12H,3,10H2,1-2H3,(H,23,26)(H,24,27). The van der Waals surface area contributed by atoms with Gasteiger partial charge in [0.2, 0.25) is 5.88 Å². The van der Waals surface area contributed by atoms with Gasteiger partial charge >= 0.3 is 0 Å². The molecule has 2 heterocycles. The van der Waals surface area contributed by atoms with E-state index in [1.54, 1.807) is 60.3 Å². The Morgan fingerprint density at radius 1 is 1.14 bits per heavy atom. The van der Waals surface area contributed by atoms with E-state index in [4.69, 9.17) is 4.42 Å². The summed E-state index contributed by atoms with van der Waals surface area (Å²) in [5, 5.41) is 15.1. The molecule has 0 atom stereocenters. The Kier molecular flexibility index (Phi) is 5.61. The van der Waals surface area contributed by atoms with Crippen LogP contribution in [-0.2, 0) is 0 Å². The molecule has 0 fully saturated rings. The largest absolute Gasteiger partial charge is 0.443 e. The van der Waals surface area contributed by atoms with Crippen LogP contribution in [0.15, 0.2) is 53.2 Å². The zero-order valence-electron chi connectivity index (χ0n) is 15.7. The number of anilines is 1. The van der Waals surface area contributed by atoms with E-state index in [0.29, 0.717) is 29.4 Å². The van der Waals surface area contributed by atoms with Crippen molar-refractivity contribution in [3.05, 3.63) is 71.2 Å². The summed E-state index contributed by atoms with van der Waals surface area (Å²) in [6.45, 7) is 4.23. The zero-order chi connectivity index (χ0) is 20.1. The number of carbonyl (C=O) groups excluding carboxylic acids is 2. The van der Waals surface area contributed by atoms with Crippen molar-refractivity contribution in [1.29, 1.82) is 5.26 Å². The SMILES string of the molecule is CCCNC(=O)c1ccc(NC(=O)c2c(C)oc(-n3cccc3)c2C#N)cc1. The first kappa shape index (κ1) is 19.0. The molecular formula is C21H20N4O3. The second-order valence-electron chi connectivity index (χ2n) is 6.20. The van der Waals surface area contributed by atoms with Crippen LogP contribution in [0.4, 0.5) is 5.69 Å². The fourth-order valence-electron chi connectivity index (χ4n) is 2.80. The van der Waals surface area contributed by atoms with E-state index in [1.165, 1.54) is 0 Å². The number of nitrogens with one attached hydrogen (secondary N) is 2. The molecule has 0 aliphatic rings. The van der Waals surface area contributed by atoms with Crippen LogP contribution in [-0.4, -0.2) is 22.9 Å². The molecule has 7 nitrogen and oxygen atoms in total. The number of furan rings is 1. The summed E-state index contributed by atoms with van der Waals surface area (Å²) in [5.74, 6) is 0.0549. The van der Waals surface area contributed by atoms with E-state index in [-0.39, 0.29) is 17.0 Å². The second kappa shape index (κ2) is 8.27. The van der Waals surface area contributed by atoms with Gasteiger partial charge in [-0.15, -0.1) is 0 Å². The van der Waals surface area contributed by atoms with Crippen molar-refractivity contribution in [3.8, 4) is 12.0 Å². The normalized spacial score (nSPS) is 10.3. The van der Waals surface area contributed by atoms with Crippen molar-refractivity contribution in [1.82, 2.24) is 9.88 Å². The summed E-state index contributed by atoms with van der Waals surface area (Å²) in [6.07, 6.45) is 4.34. The Labute approximate surface area is 162 Å². The quantitative estimate of drug-likeness (QED) is 0.686. The van der Waals surface area contributed by atoms with Crippen LogP contribution >= 0.6 is 0 Å². The first-order valence-electron chi connectivity index (χ1n) is 8.91. The maximum absolute atomic E-state index is 12.7. The Balaban J connectivity index is 1.80. The van der Waals surface area contributed by atoms with Gasteiger partial charge in [-0.2, -0.15) is 5.26 Å². The monoisotopic (exact) mass is 376 g/mol. The number of nitrogens with zero attached hydrogens (tertiary/aromatic N) is 2. The van der Waals surface area contributed by atoms with Crippen LogP contribution < -0.4 is 10.6 Å². The molecule has 0 aliphatic carbocycles. The molecule has 0 spiro atoms. The van der Waals surface area contributed by atoms with Crippen molar-refractivity contribution >= 4 is 17.5 Å². The summed E-state index contributed by atoms with van der Waals surface area (Å²) >= 11 is 0. The molecule has 0 radical (unpaired) electrons. The number of benzene rings is 1. The minimum atomic E-state index is -0.445. The number of amides is 2. The number of aromatic nitrogens is 1. The average molecular weight is 376 g/mol. The van der Waals surface area contributed by atoms with Gasteiger partial charge in [0, 0.05) is 30.2 Å². The topological polar surface area (TPSA) is 100 Å². The summed E-state index contributed by atoms with van der Waals surface area (Å²) in [4.78, 5) is 24.7. The van der Waals surface area contributed by atoms with Crippen LogP contribution in [0.2, 0.25) is 0 Å². The third-order valence-corrected chi connectivity index (χ3v) is 4.18. The lowest BCUT2D eigenvalue weighted by Crippen LogP contribution is -2.23. The van der Waals surface area contributed by atoms with Gasteiger partial charge in [-0.25, -0.2) is 0 Å². The van der Waals surface area contributed by atoms with Crippen molar-refractivity contribution in [3.63, 3.8) is 0 Å². The maximum Gasteiger partial charge on any atom is 0.260 e. The molecule has 142 valence electrons. The summed E-state index contributed by atoms with van der Waals surface area (Å²) in [7, 11) is 0. The predicted molar refractivity (Wildman–Crippen MR) is 105 cm³/mol. The molecule has 28 heavy (non-hydrogen) atoms. The van der Waals surface area contributed by atoms with Crippen molar-refractivity contribution in [2.75, 3.05) is 11.9 Å². The lowest BCUT2D eigenvalue weighted by molar-refractivity contribution is 0.0953. The molecule has 1 aromatic carbocycles. The third kappa shape index (κ3) is 3.81. The van der Waals surface area contributed by atoms with E-state index in [2.05, 4.69) is 16.7 Å². The van der Waals surface area contributed by atoms with Crippen LogP contribution in [0.3, 0.4) is 0 Å². The van der Waals surface area contributed by atoms with E-state index < -0.39 is 5.91 Å². The Morgan fingerprint density at radius 2 is 1.82 bits per heavy atom. The highest BCUT2D eigenvalue weighted by molar-refractivity contribution is 6.07. The van der Waals surface area contributed by atoms with E-state index in [1.807, 2.05) is 6.92 Å². The summed E-state index contributed by atoms with van der Waals surface area (Å²) in [5.41, 5.74) is 1.39. The molecular weight excluding hydrogens is 356 g/mol. The first-order valence-corrected chi connectivity index (χ1v) is 8.91. The maximum atomic E-state index is 12.7. The molecule has 0 aliphatic heterocycles. The fourth-order valence-corrected chi connectivity index (χ4v) is 2.80. The van der Waals surface area contributed by atoms with Crippen LogP contribution in [0.5, 0.6) is 0 Å². The Morgan fingerprint density at radius 3 is 2.43 bits per heavy atom. The molecule has 0 unspecified atom stereocenters. The van der Waals surface area contributed by atoms with E-state index in [9.17, 15) is 14.9 Å². The van der Waals surface area contributed by atoms with Gasteiger partial charge in [-0.1, -0.05) is 6.92 Å². The predicted octanol–water partition coefficient (Wildman–Crippen LogP) is 3.64. The van der Waals surface area contributed by atoms with E-state index in [0.717, 1.165) is 6.42 Å². The number of carbonyl (C=O) groups is 2. The lowest BCUT2D eigenvalue weighted by Gasteiger charge is -2.07. The second-order valence-corrected chi connectivity index (χ2v) is 6.20. The lowest BCUT2D eigenvalue weighted by atomic mass is 10.1. The average Bonchev–Trinajstić information content (AvgIpc) is 3.33. The highest BCUT2D eigenvalue weighted by Crippen LogP contribution is 2.26. The first-order chi connectivity index (χ1) is 13.5. The number of rotatable bonds is 6. The van der Waals surface area contributed by atoms with Crippen molar-refractivity contribution in [2.45, 2.75) is 20.3 Å². The van der Waals surface area contributed by atoms with Gasteiger partial charge in [0.1, 0.15) is 23.0 Å². The van der Waals surface area contributed by atoms with Gasteiger partial charge < -0.3 is 15.1 Å². The highest BCUT2D eigenvalue weighted by atomic mass is 16.4. The van der Waals surface area contributed by atoms with Gasteiger partial charge in [0.15, 0.2) is 0 Å². The number of hydrogen-bond donors (Lipinski definition) is 2. The molecule has 3 rings (SSSR count). The van der Waals surface area contributed by atoms with Crippen molar-refractivity contribution < 1.29 is 14.0 Å². The third-order valence-electron chi connectivity index (χ3n) is 4.18. The zero-order valence-corrected chi connectivity index (χ0v) is 15.7. The highest BCUT2D eigenvalue weighted by Gasteiger charge is 2.24. The molecule has 2 amide bonds. The van der Waals surface area contributed by atoms with Gasteiger partial charge in [0.05, 0.1) is 0 Å². The van der Waals surface area contributed by atoms with Gasteiger partial charge in [-0.05, 0) is 49.7 Å². The Hall–Kier alpha value is -3.79. The summed E-state index contributed by atoms with van der Waals surface area (Å²) < 4.78 is 7.30. The van der Waals surface area contributed by atoms with Crippen LogP contribution in [0, 0.1) is 18.3 Å². The minimum Gasteiger partial charge on any atom is -0.443 e. The number of hydrogen-bond acceptors (Lipinski definition) is 4. The molecule has 2 aromatic heterocycles. The fraction of sp³-hybridized carbons (Fsp3) is 0.190. The minimum absolute atomic E-state index is 0.159. The van der Waals surface area contributed by atoms with Gasteiger partial charge in [0.25, 0.3) is 11.8 Å². The van der Waals surface area contributed by atoms with Crippen molar-refractivity contribution in [2.24, 2.45) is 0 Å². The van der Waals surface area contributed by atoms with Crippen LogP contribution in [0.25, 0.3) is 5.88 Å². The van der Waals surface area contributed by atoms with E-state index >= 15 is 0 Å². The molecule has 7 heteroatoms. The molecule has 2 N–H and O–H groups in total. The van der Waals surface area contributed by atoms with Crippen LogP contribution in [0.1, 0.15) is 45.4 Å². The Bertz CT molecular complexity index is 1030. The number of nitriles is 1. The molecule has 0 bridgehead atoms. The molecule has 0 saturated heterocycles. The number of aryl methyl sites for hydroxylation is 1. The van der Waals surface area contributed by atoms with Gasteiger partial charge in [-0.3, -0.25) is 14.2 Å². The molecule has 0 saturated carbocycles. The smallest absolute Gasteiger partial charge is 0.260 e.